The van der Waals surface area contributed by atoms with Crippen LogP contribution < -0.4 is 5.32 Å². The number of hydrogen-bond acceptors (Lipinski definition) is 6. The molecule has 5 atom stereocenters. The normalized spacial score (nSPS) is 24.8. The molecule has 5 rings (SSSR count). The first-order valence-corrected chi connectivity index (χ1v) is 12.9. The van der Waals surface area contributed by atoms with Gasteiger partial charge in [-0.05, 0) is 41.7 Å². The molecule has 0 bridgehead atoms. The van der Waals surface area contributed by atoms with Gasteiger partial charge in [-0.15, -0.1) is 23.4 Å². The summed E-state index contributed by atoms with van der Waals surface area (Å²) in [6.07, 6.45) is 0.674. The fourth-order valence-corrected chi connectivity index (χ4v) is 7.65. The Kier molecular flexibility index (Phi) is 6.57. The second-order valence-corrected chi connectivity index (χ2v) is 11.2. The van der Waals surface area contributed by atoms with Crippen molar-refractivity contribution in [2.45, 2.75) is 33.9 Å². The zero-order valence-corrected chi connectivity index (χ0v) is 21.0. The summed E-state index contributed by atoms with van der Waals surface area (Å²) in [7, 11) is 0. The van der Waals surface area contributed by atoms with E-state index in [4.69, 9.17) is 34.8 Å². The maximum atomic E-state index is 11.6. The molecule has 7 nitrogen and oxygen atoms in total. The Hall–Kier alpha value is -2.52. The van der Waals surface area contributed by atoms with E-state index in [1.807, 2.05) is 6.07 Å². The number of para-hydroxylation sites is 1. The van der Waals surface area contributed by atoms with Crippen molar-refractivity contribution in [2.75, 3.05) is 5.32 Å². The van der Waals surface area contributed by atoms with Gasteiger partial charge >= 0.3 is 0 Å². The second-order valence-electron chi connectivity index (χ2n) is 8.57. The SMILES string of the molecule is O=[N+]([O-])c1ccc([C@@H]2Nc3c(Cl)cc(Cl)cc3[C@@H]3[C@H](Cl)[C@H](Sc4ccccc4[N+](=O)[O-])C[C@@H]32)cc1. The molecule has 0 spiro atoms. The number of halogens is 3. The van der Waals surface area contributed by atoms with E-state index in [2.05, 4.69) is 5.32 Å². The van der Waals surface area contributed by atoms with Gasteiger partial charge in [0, 0.05) is 34.4 Å². The molecule has 11 heteroatoms. The van der Waals surface area contributed by atoms with Gasteiger partial charge in [-0.1, -0.05) is 47.5 Å². The van der Waals surface area contributed by atoms with Gasteiger partial charge in [0.1, 0.15) is 0 Å². The Labute approximate surface area is 220 Å². The van der Waals surface area contributed by atoms with E-state index in [1.54, 1.807) is 36.4 Å². The van der Waals surface area contributed by atoms with Crippen molar-refractivity contribution >= 4 is 63.6 Å². The average Bonchev–Trinajstić information content (AvgIpc) is 3.15. The smallest absolute Gasteiger partial charge is 0.282 e. The number of nitro groups is 2. The Morgan fingerprint density at radius 2 is 1.69 bits per heavy atom. The number of alkyl halides is 1. The first-order valence-electron chi connectivity index (χ1n) is 10.8. The van der Waals surface area contributed by atoms with Crippen molar-refractivity contribution < 1.29 is 9.85 Å². The van der Waals surface area contributed by atoms with Crippen LogP contribution in [0.2, 0.25) is 10.0 Å². The monoisotopic (exact) mass is 549 g/mol. The van der Waals surface area contributed by atoms with Crippen molar-refractivity contribution in [3.05, 3.63) is 102 Å². The van der Waals surface area contributed by atoms with E-state index >= 15 is 0 Å². The molecule has 0 saturated heterocycles. The van der Waals surface area contributed by atoms with Crippen LogP contribution in [0.4, 0.5) is 17.1 Å². The van der Waals surface area contributed by atoms with Gasteiger partial charge in [0.2, 0.25) is 0 Å². The minimum absolute atomic E-state index is 0.0118. The van der Waals surface area contributed by atoms with E-state index in [-0.39, 0.29) is 44.8 Å². The molecule has 0 radical (unpaired) electrons. The third kappa shape index (κ3) is 4.44. The first kappa shape index (κ1) is 24.2. The Morgan fingerprint density at radius 3 is 2.37 bits per heavy atom. The molecule has 1 N–H and O–H groups in total. The molecular formula is C24H18Cl3N3O4S. The predicted molar refractivity (Wildman–Crippen MR) is 139 cm³/mol. The molecule has 0 aromatic heterocycles. The lowest BCUT2D eigenvalue weighted by Crippen LogP contribution is -2.31. The maximum Gasteiger partial charge on any atom is 0.282 e. The summed E-state index contributed by atoms with van der Waals surface area (Å²) < 4.78 is 0. The fourth-order valence-electron chi connectivity index (χ4n) is 5.15. The van der Waals surface area contributed by atoms with Crippen molar-refractivity contribution in [2.24, 2.45) is 5.92 Å². The lowest BCUT2D eigenvalue weighted by Gasteiger charge is -2.39. The van der Waals surface area contributed by atoms with E-state index in [0.29, 0.717) is 21.4 Å². The van der Waals surface area contributed by atoms with Gasteiger partial charge in [-0.3, -0.25) is 20.2 Å². The molecule has 180 valence electrons. The molecule has 2 aliphatic rings. The van der Waals surface area contributed by atoms with Crippen molar-refractivity contribution in [1.29, 1.82) is 0 Å². The summed E-state index contributed by atoms with van der Waals surface area (Å²) in [5.41, 5.74) is 2.59. The van der Waals surface area contributed by atoms with Gasteiger partial charge in [-0.2, -0.15) is 0 Å². The van der Waals surface area contributed by atoms with Crippen LogP contribution in [0.5, 0.6) is 0 Å². The standard InChI is InChI=1S/C24H18Cl3N3O4S/c25-13-9-15-21-16(11-20(22(21)27)35-19-4-2-1-3-18(19)30(33)34)23(28-24(15)17(26)10-13)12-5-7-14(8-6-12)29(31)32/h1-10,16,20-23,28H,11H2/t16-,20+,21-,22+,23-/m0/s1. The van der Waals surface area contributed by atoms with Crippen molar-refractivity contribution in [3.8, 4) is 0 Å². The number of nitrogens with zero attached hydrogens (tertiary/aromatic N) is 2. The Morgan fingerprint density at radius 1 is 0.971 bits per heavy atom. The number of nitro benzene ring substituents is 2. The van der Waals surface area contributed by atoms with Crippen LogP contribution in [0.15, 0.2) is 65.6 Å². The lowest BCUT2D eigenvalue weighted by atomic mass is 9.77. The third-order valence-corrected chi connectivity index (χ3v) is 9.27. The summed E-state index contributed by atoms with van der Waals surface area (Å²) in [5, 5.41) is 26.7. The number of non-ortho nitro benzene ring substituents is 1. The molecule has 3 aromatic carbocycles. The highest BCUT2D eigenvalue weighted by molar-refractivity contribution is 8.00. The van der Waals surface area contributed by atoms with Gasteiger partial charge in [0.25, 0.3) is 11.4 Å². The summed E-state index contributed by atoms with van der Waals surface area (Å²) in [4.78, 5) is 22.4. The molecule has 0 unspecified atom stereocenters. The van der Waals surface area contributed by atoms with Gasteiger partial charge in [0.05, 0.1) is 36.9 Å². The highest BCUT2D eigenvalue weighted by atomic mass is 35.5. The van der Waals surface area contributed by atoms with Crippen LogP contribution >= 0.6 is 46.6 Å². The maximum absolute atomic E-state index is 11.6. The molecule has 0 amide bonds. The average molecular weight is 551 g/mol. The third-order valence-electron chi connectivity index (χ3n) is 6.64. The van der Waals surface area contributed by atoms with Crippen molar-refractivity contribution in [1.82, 2.24) is 0 Å². The summed E-state index contributed by atoms with van der Waals surface area (Å²) in [6.45, 7) is 0. The number of benzene rings is 3. The van der Waals surface area contributed by atoms with Crippen LogP contribution in [-0.4, -0.2) is 20.5 Å². The minimum Gasteiger partial charge on any atom is -0.376 e. The molecular weight excluding hydrogens is 533 g/mol. The number of anilines is 1. The van der Waals surface area contributed by atoms with Gasteiger partial charge in [0.15, 0.2) is 0 Å². The van der Waals surface area contributed by atoms with Crippen LogP contribution in [0, 0.1) is 26.1 Å². The largest absolute Gasteiger partial charge is 0.376 e. The van der Waals surface area contributed by atoms with Gasteiger partial charge < -0.3 is 5.32 Å². The minimum atomic E-state index is -0.432. The number of rotatable bonds is 5. The highest BCUT2D eigenvalue weighted by Crippen LogP contribution is 2.59. The Bertz CT molecular complexity index is 1320. The van der Waals surface area contributed by atoms with Gasteiger partial charge in [-0.25, -0.2) is 0 Å². The zero-order chi connectivity index (χ0) is 24.9. The molecule has 1 heterocycles. The van der Waals surface area contributed by atoms with Crippen molar-refractivity contribution in [3.63, 3.8) is 0 Å². The number of fused-ring (bicyclic) bond motifs is 3. The summed E-state index contributed by atoms with van der Waals surface area (Å²) in [6, 6.07) is 16.4. The lowest BCUT2D eigenvalue weighted by molar-refractivity contribution is -0.387. The fraction of sp³-hybridized carbons (Fsp3) is 0.250. The van der Waals surface area contributed by atoms with Crippen LogP contribution in [0.1, 0.15) is 29.5 Å². The van der Waals surface area contributed by atoms with Crippen LogP contribution in [-0.2, 0) is 0 Å². The predicted octanol–water partition coefficient (Wildman–Crippen LogP) is 7.85. The molecule has 1 aliphatic carbocycles. The number of nitrogens with one attached hydrogen (secondary N) is 1. The van der Waals surface area contributed by atoms with Crippen LogP contribution in [0.25, 0.3) is 0 Å². The first-order chi connectivity index (χ1) is 16.7. The van der Waals surface area contributed by atoms with E-state index in [9.17, 15) is 20.2 Å². The molecule has 1 saturated carbocycles. The molecule has 3 aromatic rings. The summed E-state index contributed by atoms with van der Waals surface area (Å²) in [5.74, 6) is -0.106. The Balaban J connectivity index is 1.55. The molecule has 1 aliphatic heterocycles. The topological polar surface area (TPSA) is 98.3 Å². The molecule has 35 heavy (non-hydrogen) atoms. The van der Waals surface area contributed by atoms with Crippen LogP contribution in [0.3, 0.4) is 0 Å². The molecule has 1 fully saturated rings. The zero-order valence-electron chi connectivity index (χ0n) is 17.9. The quantitative estimate of drug-likeness (QED) is 0.197. The number of hydrogen-bond donors (Lipinski definition) is 1. The van der Waals surface area contributed by atoms with E-state index in [0.717, 1.165) is 16.8 Å². The summed E-state index contributed by atoms with van der Waals surface area (Å²) >= 11 is 21.4. The second kappa shape index (κ2) is 9.50. The number of thioether (sulfide) groups is 1. The highest BCUT2D eigenvalue weighted by Gasteiger charge is 2.51. The van der Waals surface area contributed by atoms with E-state index in [1.165, 1.54) is 30.0 Å². The van der Waals surface area contributed by atoms with E-state index < -0.39 is 4.92 Å².